The van der Waals surface area contributed by atoms with Crippen LogP contribution in [0.4, 0.5) is 0 Å². The molecule has 0 spiro atoms. The van der Waals surface area contributed by atoms with Gasteiger partial charge in [-0.15, -0.1) is 0 Å². The van der Waals surface area contributed by atoms with Crippen LogP contribution < -0.4 is 0 Å². The van der Waals surface area contributed by atoms with Crippen LogP contribution in [0.1, 0.15) is 32.5 Å². The molecule has 0 aliphatic carbocycles. The van der Waals surface area contributed by atoms with Crippen molar-refractivity contribution in [1.82, 2.24) is 9.55 Å². The van der Waals surface area contributed by atoms with Crippen molar-refractivity contribution in [3.05, 3.63) is 30.1 Å². The van der Waals surface area contributed by atoms with E-state index in [1.807, 2.05) is 25.1 Å². The summed E-state index contributed by atoms with van der Waals surface area (Å²) < 4.78 is 7.70. The van der Waals surface area contributed by atoms with Crippen molar-refractivity contribution in [2.75, 3.05) is 6.61 Å². The Morgan fingerprint density at radius 1 is 1.43 bits per heavy atom. The lowest BCUT2D eigenvalue weighted by Crippen LogP contribution is -2.24. The molecule has 2 unspecified atom stereocenters. The Morgan fingerprint density at radius 3 is 2.95 bits per heavy atom. The van der Waals surface area contributed by atoms with E-state index < -0.39 is 0 Å². The molecule has 1 aromatic carbocycles. The highest BCUT2D eigenvalue weighted by molar-refractivity contribution is 5.85. The molecule has 0 saturated carbocycles. The number of para-hydroxylation sites is 2. The lowest BCUT2D eigenvalue weighted by Gasteiger charge is -2.13. The van der Waals surface area contributed by atoms with Gasteiger partial charge in [-0.1, -0.05) is 19.1 Å². The fourth-order valence-corrected chi connectivity index (χ4v) is 3.17. The van der Waals surface area contributed by atoms with Gasteiger partial charge in [-0.05, 0) is 31.9 Å². The Balaban J connectivity index is 1.89. The zero-order chi connectivity index (χ0) is 14.8. The molecule has 0 amide bonds. The van der Waals surface area contributed by atoms with E-state index in [1.165, 1.54) is 0 Å². The van der Waals surface area contributed by atoms with Crippen LogP contribution in [-0.2, 0) is 22.5 Å². The van der Waals surface area contributed by atoms with Gasteiger partial charge >= 0.3 is 0 Å². The number of hydrogen-bond donors (Lipinski definition) is 0. The number of ether oxygens (including phenoxy) is 1. The smallest absolute Gasteiger partial charge is 0.146 e. The molecule has 1 fully saturated rings. The summed E-state index contributed by atoms with van der Waals surface area (Å²) in [4.78, 5) is 17.2. The first kappa shape index (κ1) is 14.3. The number of carbonyl (C=O) groups is 1. The van der Waals surface area contributed by atoms with Crippen molar-refractivity contribution in [1.29, 1.82) is 0 Å². The third kappa shape index (κ3) is 2.72. The molecular weight excluding hydrogens is 264 g/mol. The summed E-state index contributed by atoms with van der Waals surface area (Å²) in [6.07, 6.45) is 2.33. The van der Waals surface area contributed by atoms with Gasteiger partial charge in [-0.25, -0.2) is 4.98 Å². The molecular formula is C17H22N2O2. The van der Waals surface area contributed by atoms with Crippen LogP contribution in [0.15, 0.2) is 24.3 Å². The number of benzene rings is 1. The molecule has 21 heavy (non-hydrogen) atoms. The van der Waals surface area contributed by atoms with Crippen LogP contribution in [-0.4, -0.2) is 28.0 Å². The van der Waals surface area contributed by atoms with Gasteiger partial charge in [0.1, 0.15) is 11.6 Å². The standard InChI is InChI=1S/C17H22N2O2/c1-3-9-19-15-7-5-4-6-14(15)18-17(19)11-16(20)13-8-10-21-12(13)2/h4-7,12-13H,3,8-11H2,1-2H3. The van der Waals surface area contributed by atoms with Gasteiger partial charge in [0.25, 0.3) is 0 Å². The van der Waals surface area contributed by atoms with Crippen LogP contribution >= 0.6 is 0 Å². The summed E-state index contributed by atoms with van der Waals surface area (Å²) in [5, 5.41) is 0. The SMILES string of the molecule is CCCn1c(CC(=O)C2CCOC2C)nc2ccccc21. The summed E-state index contributed by atoms with van der Waals surface area (Å²) in [5.74, 6) is 1.18. The van der Waals surface area contributed by atoms with E-state index in [0.717, 1.165) is 36.2 Å². The lowest BCUT2D eigenvalue weighted by atomic mass is 9.95. The third-order valence-electron chi connectivity index (χ3n) is 4.30. The second-order valence-corrected chi connectivity index (χ2v) is 5.78. The Kier molecular flexibility index (Phi) is 4.06. The molecule has 112 valence electrons. The van der Waals surface area contributed by atoms with E-state index >= 15 is 0 Å². The predicted octanol–water partition coefficient (Wildman–Crippen LogP) is 2.98. The highest BCUT2D eigenvalue weighted by Gasteiger charge is 2.31. The summed E-state index contributed by atoms with van der Waals surface area (Å²) in [6, 6.07) is 8.10. The highest BCUT2D eigenvalue weighted by Crippen LogP contribution is 2.24. The van der Waals surface area contributed by atoms with E-state index in [4.69, 9.17) is 4.74 Å². The molecule has 1 saturated heterocycles. The number of ketones is 1. The number of carbonyl (C=O) groups excluding carboxylic acids is 1. The molecule has 0 N–H and O–H groups in total. The summed E-state index contributed by atoms with van der Waals surface area (Å²) in [6.45, 7) is 5.74. The van der Waals surface area contributed by atoms with Crippen molar-refractivity contribution in [3.63, 3.8) is 0 Å². The first-order chi connectivity index (χ1) is 10.2. The van der Waals surface area contributed by atoms with Crippen LogP contribution in [0.2, 0.25) is 0 Å². The summed E-state index contributed by atoms with van der Waals surface area (Å²) >= 11 is 0. The van der Waals surface area contributed by atoms with Gasteiger partial charge in [0, 0.05) is 19.1 Å². The summed E-state index contributed by atoms with van der Waals surface area (Å²) in [5.41, 5.74) is 2.10. The van der Waals surface area contributed by atoms with Gasteiger partial charge in [-0.3, -0.25) is 4.79 Å². The third-order valence-corrected chi connectivity index (χ3v) is 4.30. The fourth-order valence-electron chi connectivity index (χ4n) is 3.17. The van der Waals surface area contributed by atoms with Crippen molar-refractivity contribution >= 4 is 16.8 Å². The molecule has 2 heterocycles. The molecule has 1 aromatic heterocycles. The van der Waals surface area contributed by atoms with Crippen LogP contribution in [0.3, 0.4) is 0 Å². The van der Waals surface area contributed by atoms with Gasteiger partial charge in [-0.2, -0.15) is 0 Å². The van der Waals surface area contributed by atoms with Crippen LogP contribution in [0.25, 0.3) is 11.0 Å². The second kappa shape index (κ2) is 5.98. The minimum Gasteiger partial charge on any atom is -0.378 e. The number of Topliss-reactive ketones (excluding diaryl/α,β-unsaturated/α-hetero) is 1. The number of fused-ring (bicyclic) bond motifs is 1. The van der Waals surface area contributed by atoms with Gasteiger partial charge < -0.3 is 9.30 Å². The topological polar surface area (TPSA) is 44.1 Å². The van der Waals surface area contributed by atoms with Gasteiger partial charge in [0.15, 0.2) is 0 Å². The van der Waals surface area contributed by atoms with Crippen molar-refractivity contribution in [2.45, 2.75) is 45.8 Å². The largest absolute Gasteiger partial charge is 0.378 e. The molecule has 1 aliphatic heterocycles. The zero-order valence-electron chi connectivity index (χ0n) is 12.7. The maximum Gasteiger partial charge on any atom is 0.146 e. The number of aryl methyl sites for hydroxylation is 1. The number of aromatic nitrogens is 2. The average molecular weight is 286 g/mol. The fraction of sp³-hybridized carbons (Fsp3) is 0.529. The number of nitrogens with zero attached hydrogens (tertiary/aromatic N) is 2. The van der Waals surface area contributed by atoms with Crippen molar-refractivity contribution < 1.29 is 9.53 Å². The Morgan fingerprint density at radius 2 is 2.24 bits per heavy atom. The van der Waals surface area contributed by atoms with Crippen molar-refractivity contribution in [3.8, 4) is 0 Å². The molecule has 2 aromatic rings. The first-order valence-electron chi connectivity index (χ1n) is 7.79. The molecule has 1 aliphatic rings. The summed E-state index contributed by atoms with van der Waals surface area (Å²) in [7, 11) is 0. The minimum absolute atomic E-state index is 0.0277. The van der Waals surface area contributed by atoms with Gasteiger partial charge in [0.05, 0.1) is 23.6 Å². The van der Waals surface area contributed by atoms with Crippen LogP contribution in [0.5, 0.6) is 0 Å². The zero-order valence-corrected chi connectivity index (χ0v) is 12.7. The maximum atomic E-state index is 12.5. The second-order valence-electron chi connectivity index (χ2n) is 5.78. The van der Waals surface area contributed by atoms with Crippen molar-refractivity contribution in [2.24, 2.45) is 5.92 Å². The van der Waals surface area contributed by atoms with E-state index in [2.05, 4.69) is 22.5 Å². The molecule has 0 radical (unpaired) electrons. The quantitative estimate of drug-likeness (QED) is 0.848. The minimum atomic E-state index is 0.0277. The van der Waals surface area contributed by atoms with E-state index in [9.17, 15) is 4.79 Å². The number of hydrogen-bond acceptors (Lipinski definition) is 3. The van der Waals surface area contributed by atoms with E-state index in [0.29, 0.717) is 13.0 Å². The van der Waals surface area contributed by atoms with E-state index in [-0.39, 0.29) is 17.8 Å². The first-order valence-corrected chi connectivity index (χ1v) is 7.79. The predicted molar refractivity (Wildman–Crippen MR) is 82.3 cm³/mol. The highest BCUT2D eigenvalue weighted by atomic mass is 16.5. The average Bonchev–Trinajstić information content (AvgIpc) is 3.04. The van der Waals surface area contributed by atoms with Crippen LogP contribution in [0, 0.1) is 5.92 Å². The number of rotatable bonds is 5. The Hall–Kier alpha value is -1.68. The normalized spacial score (nSPS) is 22.0. The molecule has 0 bridgehead atoms. The molecule has 3 rings (SSSR count). The van der Waals surface area contributed by atoms with Gasteiger partial charge in [0.2, 0.25) is 0 Å². The van der Waals surface area contributed by atoms with E-state index in [1.54, 1.807) is 0 Å². The molecule has 4 nitrogen and oxygen atoms in total. The number of imidazole rings is 1. The molecule has 4 heteroatoms. The Bertz CT molecular complexity index is 647. The maximum absolute atomic E-state index is 12.5. The lowest BCUT2D eigenvalue weighted by molar-refractivity contribution is -0.123. The monoisotopic (exact) mass is 286 g/mol. The Labute approximate surface area is 125 Å². The molecule has 2 atom stereocenters.